The van der Waals surface area contributed by atoms with E-state index in [2.05, 4.69) is 0 Å². The molecule has 0 unspecified atom stereocenters. The topological polar surface area (TPSA) is 72.9 Å². The maximum Gasteiger partial charge on any atom is 0.324 e. The molecular formula is C19H19ClFNO5S. The van der Waals surface area contributed by atoms with Crippen molar-refractivity contribution < 1.29 is 27.1 Å². The number of carbonyl (C=O) groups excluding carboxylic acids is 1. The Hall–Kier alpha value is -2.16. The van der Waals surface area contributed by atoms with Crippen LogP contribution in [0, 0.1) is 12.7 Å². The van der Waals surface area contributed by atoms with Crippen LogP contribution in [0.2, 0.25) is 5.02 Å². The van der Waals surface area contributed by atoms with E-state index >= 15 is 0 Å². The minimum atomic E-state index is -4.06. The molecule has 150 valence electrons. The Labute approximate surface area is 167 Å². The Morgan fingerprint density at radius 1 is 1.21 bits per heavy atom. The molecule has 2 aromatic rings. The molecule has 1 aliphatic heterocycles. The Kier molecular flexibility index (Phi) is 5.92. The van der Waals surface area contributed by atoms with Crippen LogP contribution in [0.15, 0.2) is 47.4 Å². The van der Waals surface area contributed by atoms with E-state index in [1.165, 1.54) is 37.4 Å². The highest BCUT2D eigenvalue weighted by Gasteiger charge is 2.46. The first kappa shape index (κ1) is 20.6. The molecule has 0 aromatic heterocycles. The SMILES string of the molecule is COC(=O)[C@H]1C[C@@H](Oc2ccccc2F)CN1S(=O)(=O)c1cccc(Cl)c1C. The van der Waals surface area contributed by atoms with E-state index in [0.717, 1.165) is 4.31 Å². The zero-order valence-corrected chi connectivity index (χ0v) is 16.8. The number of hydrogen-bond acceptors (Lipinski definition) is 5. The number of halogens is 2. The van der Waals surface area contributed by atoms with Crippen LogP contribution in [0.25, 0.3) is 0 Å². The van der Waals surface area contributed by atoms with Gasteiger partial charge in [0, 0.05) is 11.4 Å². The average Bonchev–Trinajstić information content (AvgIpc) is 3.10. The summed E-state index contributed by atoms with van der Waals surface area (Å²) in [6, 6.07) is 9.27. The summed E-state index contributed by atoms with van der Waals surface area (Å²) in [6.07, 6.45) is -0.671. The fraction of sp³-hybridized carbons (Fsp3) is 0.316. The van der Waals surface area contributed by atoms with Gasteiger partial charge in [-0.1, -0.05) is 29.8 Å². The van der Waals surface area contributed by atoms with E-state index in [1.54, 1.807) is 19.1 Å². The van der Waals surface area contributed by atoms with E-state index in [9.17, 15) is 17.6 Å². The molecule has 2 atom stereocenters. The summed E-state index contributed by atoms with van der Waals surface area (Å²) >= 11 is 6.07. The second-order valence-electron chi connectivity index (χ2n) is 6.38. The summed E-state index contributed by atoms with van der Waals surface area (Å²) in [6.45, 7) is 1.47. The molecule has 9 heteroatoms. The Morgan fingerprint density at radius 3 is 2.61 bits per heavy atom. The van der Waals surface area contributed by atoms with Crippen molar-refractivity contribution >= 4 is 27.6 Å². The summed E-state index contributed by atoms with van der Waals surface area (Å²) in [4.78, 5) is 12.2. The number of sulfonamides is 1. The van der Waals surface area contributed by atoms with Gasteiger partial charge in [-0.3, -0.25) is 4.79 Å². The molecule has 0 amide bonds. The molecule has 28 heavy (non-hydrogen) atoms. The summed E-state index contributed by atoms with van der Waals surface area (Å²) in [5.41, 5.74) is 0.381. The lowest BCUT2D eigenvalue weighted by Crippen LogP contribution is -2.41. The molecule has 0 spiro atoms. The third kappa shape index (κ3) is 3.85. The minimum Gasteiger partial charge on any atom is -0.486 e. The fourth-order valence-corrected chi connectivity index (χ4v) is 5.28. The Balaban J connectivity index is 1.94. The molecule has 1 saturated heterocycles. The molecule has 6 nitrogen and oxygen atoms in total. The third-order valence-corrected chi connectivity index (χ3v) is 7.05. The zero-order chi connectivity index (χ0) is 20.5. The molecular weight excluding hydrogens is 409 g/mol. The number of rotatable bonds is 5. The molecule has 0 N–H and O–H groups in total. The quantitative estimate of drug-likeness (QED) is 0.685. The number of benzene rings is 2. The minimum absolute atomic E-state index is 0.000412. The molecule has 0 aliphatic carbocycles. The summed E-state index contributed by atoms with van der Waals surface area (Å²) in [5, 5.41) is 0.300. The molecule has 0 bridgehead atoms. The van der Waals surface area contributed by atoms with Gasteiger partial charge in [-0.2, -0.15) is 4.31 Å². The number of nitrogens with zero attached hydrogens (tertiary/aromatic N) is 1. The van der Waals surface area contributed by atoms with Crippen molar-refractivity contribution in [1.29, 1.82) is 0 Å². The van der Waals surface area contributed by atoms with E-state index in [1.807, 2.05) is 0 Å². The first-order valence-electron chi connectivity index (χ1n) is 8.51. The molecule has 0 saturated carbocycles. The number of carbonyl (C=O) groups is 1. The van der Waals surface area contributed by atoms with E-state index in [-0.39, 0.29) is 23.6 Å². The first-order chi connectivity index (χ1) is 13.3. The van der Waals surface area contributed by atoms with Crippen LogP contribution >= 0.6 is 11.6 Å². The van der Waals surface area contributed by atoms with E-state index in [0.29, 0.717) is 10.6 Å². The first-order valence-corrected chi connectivity index (χ1v) is 10.3. The van der Waals surface area contributed by atoms with Crippen LogP contribution in [0.4, 0.5) is 4.39 Å². The summed E-state index contributed by atoms with van der Waals surface area (Å²) < 4.78 is 51.8. The van der Waals surface area contributed by atoms with Crippen molar-refractivity contribution in [3.05, 3.63) is 58.9 Å². The predicted molar refractivity (Wildman–Crippen MR) is 101 cm³/mol. The van der Waals surface area contributed by atoms with Crippen LogP contribution in [0.3, 0.4) is 0 Å². The van der Waals surface area contributed by atoms with Gasteiger partial charge in [0.05, 0.1) is 18.6 Å². The van der Waals surface area contributed by atoms with Crippen LogP contribution in [-0.4, -0.2) is 44.5 Å². The van der Waals surface area contributed by atoms with Gasteiger partial charge < -0.3 is 9.47 Å². The van der Waals surface area contributed by atoms with Gasteiger partial charge in [0.15, 0.2) is 11.6 Å². The summed E-state index contributed by atoms with van der Waals surface area (Å²) in [5.74, 6) is -1.28. The Morgan fingerprint density at radius 2 is 1.93 bits per heavy atom. The second kappa shape index (κ2) is 8.06. The third-order valence-electron chi connectivity index (χ3n) is 4.63. The van der Waals surface area contributed by atoms with Gasteiger partial charge >= 0.3 is 5.97 Å². The van der Waals surface area contributed by atoms with Gasteiger partial charge in [0.1, 0.15) is 12.1 Å². The van der Waals surface area contributed by atoms with Gasteiger partial charge in [-0.05, 0) is 36.8 Å². The van der Waals surface area contributed by atoms with Crippen molar-refractivity contribution in [3.8, 4) is 5.75 Å². The lowest BCUT2D eigenvalue weighted by molar-refractivity contribution is -0.144. The number of ether oxygens (including phenoxy) is 2. The van der Waals surface area contributed by atoms with Crippen molar-refractivity contribution in [1.82, 2.24) is 4.31 Å². The number of hydrogen-bond donors (Lipinski definition) is 0. The van der Waals surface area contributed by atoms with Crippen LogP contribution in [0.5, 0.6) is 5.75 Å². The van der Waals surface area contributed by atoms with Crippen molar-refractivity contribution in [3.63, 3.8) is 0 Å². The second-order valence-corrected chi connectivity index (χ2v) is 8.65. The number of para-hydroxylation sites is 1. The highest BCUT2D eigenvalue weighted by atomic mass is 35.5. The fourth-order valence-electron chi connectivity index (χ4n) is 3.18. The van der Waals surface area contributed by atoms with Crippen molar-refractivity contribution in [2.45, 2.75) is 30.4 Å². The lowest BCUT2D eigenvalue weighted by atomic mass is 10.2. The van der Waals surface area contributed by atoms with Gasteiger partial charge in [0.2, 0.25) is 10.0 Å². The molecule has 3 rings (SSSR count). The lowest BCUT2D eigenvalue weighted by Gasteiger charge is -2.23. The average molecular weight is 428 g/mol. The van der Waals surface area contributed by atoms with Crippen molar-refractivity contribution in [2.24, 2.45) is 0 Å². The van der Waals surface area contributed by atoms with E-state index < -0.39 is 34.0 Å². The van der Waals surface area contributed by atoms with E-state index in [4.69, 9.17) is 21.1 Å². The van der Waals surface area contributed by atoms with Crippen LogP contribution in [0.1, 0.15) is 12.0 Å². The van der Waals surface area contributed by atoms with Gasteiger partial charge in [-0.15, -0.1) is 0 Å². The molecule has 1 fully saturated rings. The highest BCUT2D eigenvalue weighted by Crippen LogP contribution is 2.33. The maximum atomic E-state index is 13.9. The largest absolute Gasteiger partial charge is 0.486 e. The smallest absolute Gasteiger partial charge is 0.324 e. The molecule has 2 aromatic carbocycles. The Bertz CT molecular complexity index is 998. The van der Waals surface area contributed by atoms with Crippen molar-refractivity contribution in [2.75, 3.05) is 13.7 Å². The van der Waals surface area contributed by atoms with Gasteiger partial charge in [-0.25, -0.2) is 12.8 Å². The molecule has 0 radical (unpaired) electrons. The van der Waals surface area contributed by atoms with Gasteiger partial charge in [0.25, 0.3) is 0 Å². The predicted octanol–water partition coefficient (Wildman–Crippen LogP) is 3.17. The zero-order valence-electron chi connectivity index (χ0n) is 15.3. The monoisotopic (exact) mass is 427 g/mol. The molecule has 1 heterocycles. The van der Waals surface area contributed by atoms with Crippen LogP contribution in [-0.2, 0) is 19.6 Å². The van der Waals surface area contributed by atoms with Crippen LogP contribution < -0.4 is 4.74 Å². The summed E-state index contributed by atoms with van der Waals surface area (Å²) in [7, 11) is -2.87. The highest BCUT2D eigenvalue weighted by molar-refractivity contribution is 7.89. The number of esters is 1. The maximum absolute atomic E-state index is 13.9. The number of methoxy groups -OCH3 is 1. The normalized spacial score (nSPS) is 20.1. The molecule has 1 aliphatic rings. The standard InChI is InChI=1S/C19H19ClFNO5S/c1-12-14(20)6-5-9-18(12)28(24,25)22-11-13(10-16(22)19(23)26-2)27-17-8-4-3-7-15(17)21/h3-9,13,16H,10-11H2,1-2H3/t13-,16-/m1/s1.